The molecule has 0 bridgehead atoms. The smallest absolute Gasteiger partial charge is 0.131 e. The Kier molecular flexibility index (Phi) is 4.72. The maximum Gasteiger partial charge on any atom is 0.131 e. The molecule has 0 aliphatic carbocycles. The molecule has 0 spiro atoms. The minimum absolute atomic E-state index is 0.326. The molecule has 0 saturated heterocycles. The van der Waals surface area contributed by atoms with Crippen LogP contribution in [-0.4, -0.2) is 22.6 Å². The predicted molar refractivity (Wildman–Crippen MR) is 79.4 cm³/mol. The Morgan fingerprint density at radius 3 is 2.58 bits per heavy atom. The number of hydrogen-bond acceptors (Lipinski definition) is 4. The molecule has 4 heteroatoms. The summed E-state index contributed by atoms with van der Waals surface area (Å²) in [6.45, 7) is 5.06. The van der Waals surface area contributed by atoms with Crippen molar-refractivity contribution in [2.45, 2.75) is 26.3 Å². The van der Waals surface area contributed by atoms with Crippen molar-refractivity contribution in [1.82, 2.24) is 9.97 Å². The lowest BCUT2D eigenvalue weighted by molar-refractivity contribution is 0.783. The van der Waals surface area contributed by atoms with Crippen LogP contribution in [-0.2, 0) is 6.42 Å². The van der Waals surface area contributed by atoms with Gasteiger partial charge in [-0.2, -0.15) is 0 Å². The van der Waals surface area contributed by atoms with Gasteiger partial charge in [0.15, 0.2) is 0 Å². The van der Waals surface area contributed by atoms with Gasteiger partial charge >= 0.3 is 0 Å². The van der Waals surface area contributed by atoms with Crippen LogP contribution >= 0.6 is 0 Å². The summed E-state index contributed by atoms with van der Waals surface area (Å²) < 4.78 is 0. The number of nitrogens with one attached hydrogen (secondary N) is 2. The Balaban J connectivity index is 1.95. The van der Waals surface area contributed by atoms with E-state index in [1.54, 1.807) is 6.33 Å². The lowest BCUT2D eigenvalue weighted by Crippen LogP contribution is -2.19. The first-order chi connectivity index (χ1) is 9.28. The molecule has 1 heterocycles. The van der Waals surface area contributed by atoms with Crippen molar-refractivity contribution in [1.29, 1.82) is 0 Å². The molecule has 1 atom stereocenters. The molecule has 0 fully saturated rings. The summed E-state index contributed by atoms with van der Waals surface area (Å²) in [6, 6.07) is 12.7. The average molecular weight is 256 g/mol. The second-order valence-corrected chi connectivity index (χ2v) is 4.55. The van der Waals surface area contributed by atoms with Crippen LogP contribution in [0.1, 0.15) is 19.4 Å². The molecule has 0 amide bonds. The van der Waals surface area contributed by atoms with Crippen LogP contribution in [0.4, 0.5) is 11.6 Å². The second kappa shape index (κ2) is 6.73. The van der Waals surface area contributed by atoms with Crippen molar-refractivity contribution in [3.8, 4) is 0 Å². The van der Waals surface area contributed by atoms with Crippen molar-refractivity contribution in [3.05, 3.63) is 48.3 Å². The predicted octanol–water partition coefficient (Wildman–Crippen LogP) is 2.95. The summed E-state index contributed by atoms with van der Waals surface area (Å²) >= 11 is 0. The molecule has 1 unspecified atom stereocenters. The van der Waals surface area contributed by atoms with Crippen LogP contribution in [0.15, 0.2) is 42.7 Å². The molecular formula is C15H20N4. The van der Waals surface area contributed by atoms with Crippen molar-refractivity contribution < 1.29 is 0 Å². The number of anilines is 2. The number of benzene rings is 1. The maximum absolute atomic E-state index is 4.24. The summed E-state index contributed by atoms with van der Waals surface area (Å²) in [6.07, 6.45) is 2.55. The monoisotopic (exact) mass is 256 g/mol. The quantitative estimate of drug-likeness (QED) is 0.834. The van der Waals surface area contributed by atoms with Crippen molar-refractivity contribution >= 4 is 11.6 Å². The fraction of sp³-hybridized carbons (Fsp3) is 0.333. The lowest BCUT2D eigenvalue weighted by Gasteiger charge is -2.15. The molecule has 4 nitrogen and oxygen atoms in total. The third-order valence-electron chi connectivity index (χ3n) is 2.80. The number of rotatable bonds is 6. The Morgan fingerprint density at radius 1 is 1.11 bits per heavy atom. The molecule has 1 aromatic heterocycles. The van der Waals surface area contributed by atoms with Crippen LogP contribution < -0.4 is 10.6 Å². The number of hydrogen-bond donors (Lipinski definition) is 2. The zero-order valence-corrected chi connectivity index (χ0v) is 11.4. The minimum Gasteiger partial charge on any atom is -0.370 e. The van der Waals surface area contributed by atoms with Crippen LogP contribution in [0.2, 0.25) is 0 Å². The first-order valence-electron chi connectivity index (χ1n) is 6.64. The van der Waals surface area contributed by atoms with E-state index in [-0.39, 0.29) is 0 Å². The molecule has 2 aromatic rings. The zero-order valence-electron chi connectivity index (χ0n) is 11.4. The van der Waals surface area contributed by atoms with Gasteiger partial charge in [0.25, 0.3) is 0 Å². The Labute approximate surface area is 114 Å². The van der Waals surface area contributed by atoms with Gasteiger partial charge in [-0.05, 0) is 25.8 Å². The second-order valence-electron chi connectivity index (χ2n) is 4.55. The molecule has 2 N–H and O–H groups in total. The van der Waals surface area contributed by atoms with Gasteiger partial charge in [0.2, 0.25) is 0 Å². The summed E-state index contributed by atoms with van der Waals surface area (Å²) in [5.74, 6) is 1.71. The molecule has 1 aromatic carbocycles. The highest BCUT2D eigenvalue weighted by molar-refractivity contribution is 5.46. The highest BCUT2D eigenvalue weighted by atomic mass is 15.1. The van der Waals surface area contributed by atoms with E-state index >= 15 is 0 Å². The molecule has 0 saturated carbocycles. The van der Waals surface area contributed by atoms with E-state index in [1.807, 2.05) is 19.1 Å². The largest absolute Gasteiger partial charge is 0.370 e. The van der Waals surface area contributed by atoms with Crippen LogP contribution in [0.5, 0.6) is 0 Å². The Bertz CT molecular complexity index is 499. The van der Waals surface area contributed by atoms with E-state index < -0.39 is 0 Å². The van der Waals surface area contributed by atoms with E-state index in [2.05, 4.69) is 51.8 Å². The molecule has 0 aliphatic rings. The molecule has 0 radical (unpaired) electrons. The van der Waals surface area contributed by atoms with Crippen molar-refractivity contribution in [3.63, 3.8) is 0 Å². The average Bonchev–Trinajstić information content (AvgIpc) is 2.40. The van der Waals surface area contributed by atoms with Gasteiger partial charge in [0.05, 0.1) is 0 Å². The van der Waals surface area contributed by atoms with Gasteiger partial charge < -0.3 is 10.6 Å². The summed E-state index contributed by atoms with van der Waals surface area (Å²) in [4.78, 5) is 8.40. The van der Waals surface area contributed by atoms with Crippen LogP contribution in [0.3, 0.4) is 0 Å². The van der Waals surface area contributed by atoms with Gasteiger partial charge in [-0.3, -0.25) is 0 Å². The van der Waals surface area contributed by atoms with Gasteiger partial charge in [0, 0.05) is 18.7 Å². The van der Waals surface area contributed by atoms with Gasteiger partial charge in [-0.1, -0.05) is 30.3 Å². The minimum atomic E-state index is 0.326. The van der Waals surface area contributed by atoms with Gasteiger partial charge in [-0.25, -0.2) is 9.97 Å². The first kappa shape index (κ1) is 13.3. The van der Waals surface area contributed by atoms with E-state index in [4.69, 9.17) is 0 Å². The normalized spacial score (nSPS) is 11.9. The zero-order chi connectivity index (χ0) is 13.5. The summed E-state index contributed by atoms with van der Waals surface area (Å²) in [5.41, 5.74) is 1.32. The van der Waals surface area contributed by atoms with E-state index in [9.17, 15) is 0 Å². The topological polar surface area (TPSA) is 49.8 Å². The maximum atomic E-state index is 4.24. The van der Waals surface area contributed by atoms with Crippen LogP contribution in [0, 0.1) is 0 Å². The third-order valence-corrected chi connectivity index (χ3v) is 2.80. The number of aromatic nitrogens is 2. The van der Waals surface area contributed by atoms with E-state index in [0.29, 0.717) is 6.04 Å². The fourth-order valence-corrected chi connectivity index (χ4v) is 1.99. The molecule has 2 rings (SSSR count). The summed E-state index contributed by atoms with van der Waals surface area (Å²) in [7, 11) is 0. The Morgan fingerprint density at radius 2 is 1.84 bits per heavy atom. The molecule has 0 aliphatic heterocycles. The SMILES string of the molecule is CCNc1cc(NC(C)Cc2ccccc2)ncn1. The van der Waals surface area contributed by atoms with Gasteiger partial charge in [-0.15, -0.1) is 0 Å². The van der Waals surface area contributed by atoms with Crippen molar-refractivity contribution in [2.75, 3.05) is 17.2 Å². The molecular weight excluding hydrogens is 236 g/mol. The highest BCUT2D eigenvalue weighted by Crippen LogP contribution is 2.11. The first-order valence-corrected chi connectivity index (χ1v) is 6.64. The van der Waals surface area contributed by atoms with Gasteiger partial charge in [0.1, 0.15) is 18.0 Å². The van der Waals surface area contributed by atoms with Crippen molar-refractivity contribution in [2.24, 2.45) is 0 Å². The standard InChI is InChI=1S/C15H20N4/c1-3-16-14-10-15(18-11-17-14)19-12(2)9-13-7-5-4-6-8-13/h4-8,10-12H,3,9H2,1-2H3,(H2,16,17,18,19). The third kappa shape index (κ3) is 4.25. The Hall–Kier alpha value is -2.10. The summed E-state index contributed by atoms with van der Waals surface area (Å²) in [5, 5.41) is 6.58. The lowest BCUT2D eigenvalue weighted by atomic mass is 10.1. The van der Waals surface area contributed by atoms with E-state index in [1.165, 1.54) is 5.56 Å². The van der Waals surface area contributed by atoms with Crippen LogP contribution in [0.25, 0.3) is 0 Å². The highest BCUT2D eigenvalue weighted by Gasteiger charge is 2.05. The fourth-order valence-electron chi connectivity index (χ4n) is 1.99. The molecule has 19 heavy (non-hydrogen) atoms. The molecule has 100 valence electrons. The van der Waals surface area contributed by atoms with E-state index in [0.717, 1.165) is 24.6 Å². The number of nitrogens with zero attached hydrogens (tertiary/aromatic N) is 2.